The molecule has 3 amide bonds. The van der Waals surface area contributed by atoms with Gasteiger partial charge in [0.15, 0.2) is 0 Å². The molecular weight excluding hydrogens is 360 g/mol. The zero-order valence-corrected chi connectivity index (χ0v) is 15.7. The number of rotatable bonds is 4. The van der Waals surface area contributed by atoms with Crippen LogP contribution in [0.2, 0.25) is 0 Å². The number of nitrogens with zero attached hydrogens (tertiary/aromatic N) is 1. The molecule has 1 heterocycles. The molecule has 0 bridgehead atoms. The van der Waals surface area contributed by atoms with Gasteiger partial charge in [0.1, 0.15) is 0 Å². The third-order valence-corrected chi connectivity index (χ3v) is 5.87. The number of thioether (sulfide) groups is 1. The normalized spacial score (nSPS) is 16.4. The lowest BCUT2D eigenvalue weighted by Gasteiger charge is -2.19. The summed E-state index contributed by atoms with van der Waals surface area (Å²) < 4.78 is 0. The highest BCUT2D eigenvalue weighted by Crippen LogP contribution is 2.28. The number of imide groups is 1. The van der Waals surface area contributed by atoms with Crippen LogP contribution in [-0.2, 0) is 24.2 Å². The fourth-order valence-corrected chi connectivity index (χ4v) is 4.35. The minimum Gasteiger partial charge on any atom is -0.322 e. The van der Waals surface area contributed by atoms with E-state index in [9.17, 15) is 14.4 Å². The van der Waals surface area contributed by atoms with Crippen LogP contribution < -0.4 is 5.32 Å². The quantitative estimate of drug-likeness (QED) is 0.870. The van der Waals surface area contributed by atoms with E-state index in [1.165, 1.54) is 22.4 Å². The molecule has 138 valence electrons. The zero-order valence-electron chi connectivity index (χ0n) is 14.9. The monoisotopic (exact) mass is 380 g/mol. The molecule has 0 unspecified atom stereocenters. The van der Waals surface area contributed by atoms with Crippen molar-refractivity contribution in [3.05, 3.63) is 64.7 Å². The SMILES string of the molecule is O=C(Nc1cccc2c1CCCC2)c1cccc(CN2C(=O)CSC2=O)c1. The minimum absolute atomic E-state index is 0.177. The van der Waals surface area contributed by atoms with Crippen LogP contribution in [0.15, 0.2) is 42.5 Å². The number of benzene rings is 2. The lowest BCUT2D eigenvalue weighted by molar-refractivity contribution is -0.125. The van der Waals surface area contributed by atoms with E-state index >= 15 is 0 Å². The molecule has 27 heavy (non-hydrogen) atoms. The summed E-state index contributed by atoms with van der Waals surface area (Å²) in [6, 6.07) is 13.2. The number of aryl methyl sites for hydroxylation is 1. The summed E-state index contributed by atoms with van der Waals surface area (Å²) >= 11 is 1.02. The van der Waals surface area contributed by atoms with E-state index in [-0.39, 0.29) is 29.4 Å². The first-order valence-corrected chi connectivity index (χ1v) is 10.1. The van der Waals surface area contributed by atoms with E-state index < -0.39 is 0 Å². The molecule has 4 rings (SSSR count). The summed E-state index contributed by atoms with van der Waals surface area (Å²) in [5, 5.41) is 2.80. The van der Waals surface area contributed by atoms with Gasteiger partial charge in [-0.15, -0.1) is 0 Å². The van der Waals surface area contributed by atoms with E-state index in [1.54, 1.807) is 18.2 Å². The van der Waals surface area contributed by atoms with Crippen LogP contribution in [0.25, 0.3) is 0 Å². The van der Waals surface area contributed by atoms with Crippen molar-refractivity contribution in [1.82, 2.24) is 4.90 Å². The Morgan fingerprint density at radius 1 is 1.07 bits per heavy atom. The molecular formula is C21H20N2O3S. The topological polar surface area (TPSA) is 66.5 Å². The summed E-state index contributed by atoms with van der Waals surface area (Å²) in [5.74, 6) is -0.168. The Hall–Kier alpha value is -2.60. The molecule has 2 aromatic rings. The number of carbonyl (C=O) groups excluding carboxylic acids is 3. The van der Waals surface area contributed by atoms with E-state index in [2.05, 4.69) is 11.4 Å². The van der Waals surface area contributed by atoms with Gasteiger partial charge < -0.3 is 5.32 Å². The first-order chi connectivity index (χ1) is 13.1. The molecule has 2 aromatic carbocycles. The van der Waals surface area contributed by atoms with Gasteiger partial charge in [0.2, 0.25) is 5.91 Å². The van der Waals surface area contributed by atoms with Gasteiger partial charge in [0.05, 0.1) is 12.3 Å². The second-order valence-electron chi connectivity index (χ2n) is 6.84. The Morgan fingerprint density at radius 2 is 1.89 bits per heavy atom. The van der Waals surface area contributed by atoms with Crippen molar-refractivity contribution in [2.75, 3.05) is 11.1 Å². The van der Waals surface area contributed by atoms with Crippen molar-refractivity contribution in [2.45, 2.75) is 32.2 Å². The van der Waals surface area contributed by atoms with Gasteiger partial charge >= 0.3 is 0 Å². The van der Waals surface area contributed by atoms with Gasteiger partial charge in [0, 0.05) is 11.3 Å². The van der Waals surface area contributed by atoms with E-state index in [0.717, 1.165) is 42.3 Å². The first-order valence-electron chi connectivity index (χ1n) is 9.10. The summed E-state index contributed by atoms with van der Waals surface area (Å²) in [6.07, 6.45) is 4.39. The van der Waals surface area contributed by atoms with Crippen molar-refractivity contribution in [1.29, 1.82) is 0 Å². The largest absolute Gasteiger partial charge is 0.322 e. The number of hydrogen-bond acceptors (Lipinski definition) is 4. The molecule has 0 spiro atoms. The average molecular weight is 380 g/mol. The summed E-state index contributed by atoms with van der Waals surface area (Å²) in [7, 11) is 0. The summed E-state index contributed by atoms with van der Waals surface area (Å²) in [5.41, 5.74) is 4.72. The Morgan fingerprint density at radius 3 is 2.70 bits per heavy atom. The number of fused-ring (bicyclic) bond motifs is 1. The Kier molecular flexibility index (Phi) is 4.99. The Labute approximate surface area is 162 Å². The lowest BCUT2D eigenvalue weighted by atomic mass is 9.90. The highest BCUT2D eigenvalue weighted by Gasteiger charge is 2.29. The molecule has 0 saturated carbocycles. The van der Waals surface area contributed by atoms with Gasteiger partial charge in [-0.25, -0.2) is 0 Å². The van der Waals surface area contributed by atoms with E-state index in [0.29, 0.717) is 5.56 Å². The van der Waals surface area contributed by atoms with Crippen molar-refractivity contribution in [2.24, 2.45) is 0 Å². The van der Waals surface area contributed by atoms with Crippen LogP contribution in [-0.4, -0.2) is 27.7 Å². The Bertz CT molecular complexity index is 909. The highest BCUT2D eigenvalue weighted by molar-refractivity contribution is 8.14. The molecule has 1 aliphatic carbocycles. The van der Waals surface area contributed by atoms with Crippen LogP contribution in [0.4, 0.5) is 10.5 Å². The molecule has 1 saturated heterocycles. The molecule has 5 nitrogen and oxygen atoms in total. The van der Waals surface area contributed by atoms with Gasteiger partial charge in [-0.2, -0.15) is 0 Å². The third-order valence-electron chi connectivity index (χ3n) is 5.01. The van der Waals surface area contributed by atoms with E-state index in [1.807, 2.05) is 18.2 Å². The van der Waals surface area contributed by atoms with Crippen LogP contribution >= 0.6 is 11.8 Å². The molecule has 0 radical (unpaired) electrons. The van der Waals surface area contributed by atoms with Crippen LogP contribution in [0, 0.1) is 0 Å². The maximum absolute atomic E-state index is 12.8. The molecule has 0 atom stereocenters. The minimum atomic E-state index is -0.231. The van der Waals surface area contributed by atoms with Crippen molar-refractivity contribution >= 4 is 34.5 Å². The predicted octanol–water partition coefficient (Wildman–Crippen LogP) is 4.01. The number of nitrogens with one attached hydrogen (secondary N) is 1. The number of anilines is 1. The fraction of sp³-hybridized carbons (Fsp3) is 0.286. The molecule has 1 N–H and O–H groups in total. The number of carbonyl (C=O) groups is 3. The predicted molar refractivity (Wildman–Crippen MR) is 106 cm³/mol. The molecule has 1 fully saturated rings. The standard InChI is InChI=1S/C21H20N2O3S/c24-19-13-27-21(26)23(19)12-14-5-3-8-16(11-14)20(25)22-18-10-4-7-15-6-1-2-9-17(15)18/h3-5,7-8,10-11H,1-2,6,9,12-13H2,(H,22,25). The van der Waals surface area contributed by atoms with Gasteiger partial charge in [-0.05, 0) is 60.6 Å². The fourth-order valence-electron chi connectivity index (χ4n) is 3.62. The van der Waals surface area contributed by atoms with Gasteiger partial charge in [-0.3, -0.25) is 19.3 Å². The van der Waals surface area contributed by atoms with Crippen LogP contribution in [0.3, 0.4) is 0 Å². The zero-order chi connectivity index (χ0) is 18.8. The number of amides is 3. The molecule has 1 aliphatic heterocycles. The Balaban J connectivity index is 1.51. The summed E-state index contributed by atoms with van der Waals surface area (Å²) in [4.78, 5) is 37.6. The average Bonchev–Trinajstić information content (AvgIpc) is 3.00. The molecule has 0 aromatic heterocycles. The maximum Gasteiger partial charge on any atom is 0.289 e. The van der Waals surface area contributed by atoms with Gasteiger partial charge in [0.25, 0.3) is 11.1 Å². The first kappa shape index (κ1) is 17.8. The van der Waals surface area contributed by atoms with Crippen molar-refractivity contribution < 1.29 is 14.4 Å². The second kappa shape index (κ2) is 7.56. The van der Waals surface area contributed by atoms with Crippen LogP contribution in [0.1, 0.15) is 39.9 Å². The van der Waals surface area contributed by atoms with Gasteiger partial charge in [-0.1, -0.05) is 36.0 Å². The third kappa shape index (κ3) is 3.76. The lowest BCUT2D eigenvalue weighted by Crippen LogP contribution is -2.28. The second-order valence-corrected chi connectivity index (χ2v) is 7.77. The van der Waals surface area contributed by atoms with E-state index in [4.69, 9.17) is 0 Å². The van der Waals surface area contributed by atoms with Crippen molar-refractivity contribution in [3.8, 4) is 0 Å². The molecule has 6 heteroatoms. The molecule has 2 aliphatic rings. The smallest absolute Gasteiger partial charge is 0.289 e. The van der Waals surface area contributed by atoms with Crippen molar-refractivity contribution in [3.63, 3.8) is 0 Å². The summed E-state index contributed by atoms with van der Waals surface area (Å²) in [6.45, 7) is 0.201. The van der Waals surface area contributed by atoms with Crippen LogP contribution in [0.5, 0.6) is 0 Å². The highest BCUT2D eigenvalue weighted by atomic mass is 32.2. The number of hydrogen-bond donors (Lipinski definition) is 1. The maximum atomic E-state index is 12.8.